The Balaban J connectivity index is 1.65. The second-order valence-electron chi connectivity index (χ2n) is 4.52. The summed E-state index contributed by atoms with van der Waals surface area (Å²) in [5.74, 6) is 0.603. The van der Waals surface area contributed by atoms with Crippen LogP contribution in [0.4, 0.5) is 0 Å². The molecular weight excluding hydrogens is 200 g/mol. The van der Waals surface area contributed by atoms with Gasteiger partial charge in [-0.05, 0) is 17.9 Å². The third-order valence-electron chi connectivity index (χ3n) is 3.23. The third kappa shape index (κ3) is 2.18. The largest absolute Gasteiger partial charge is 0.350 e. The Labute approximate surface area is 95.9 Å². The predicted molar refractivity (Wildman–Crippen MR) is 62.8 cm³/mol. The summed E-state index contributed by atoms with van der Waals surface area (Å²) in [5, 5.41) is 0. The fraction of sp³-hybridized carbons (Fsp3) is 0.429. The van der Waals surface area contributed by atoms with Crippen LogP contribution in [0.5, 0.6) is 0 Å². The summed E-state index contributed by atoms with van der Waals surface area (Å²) in [7, 11) is 0. The van der Waals surface area contributed by atoms with Crippen molar-refractivity contribution in [3.63, 3.8) is 0 Å². The maximum atomic E-state index is 5.62. The Morgan fingerprint density at radius 3 is 2.81 bits per heavy atom. The van der Waals surface area contributed by atoms with Gasteiger partial charge in [-0.2, -0.15) is 0 Å². The van der Waals surface area contributed by atoms with E-state index in [9.17, 15) is 0 Å². The lowest BCUT2D eigenvalue weighted by molar-refractivity contribution is -0.0918. The van der Waals surface area contributed by atoms with E-state index in [0.717, 1.165) is 19.4 Å². The van der Waals surface area contributed by atoms with Gasteiger partial charge in [-0.25, -0.2) is 0 Å². The minimum Gasteiger partial charge on any atom is -0.350 e. The van der Waals surface area contributed by atoms with Crippen molar-refractivity contribution in [3.8, 4) is 0 Å². The normalized spacial score (nSPS) is 33.4. The van der Waals surface area contributed by atoms with Crippen LogP contribution in [0, 0.1) is 5.92 Å². The zero-order valence-electron chi connectivity index (χ0n) is 9.21. The van der Waals surface area contributed by atoms with E-state index in [4.69, 9.17) is 9.47 Å². The molecule has 3 rings (SSSR count). The van der Waals surface area contributed by atoms with E-state index in [1.807, 2.05) is 6.07 Å². The number of hydrogen-bond acceptors (Lipinski definition) is 2. The van der Waals surface area contributed by atoms with E-state index >= 15 is 0 Å². The second kappa shape index (κ2) is 4.40. The Hall–Kier alpha value is -1.12. The smallest absolute Gasteiger partial charge is 0.158 e. The SMILES string of the molecule is C(=C\[C@H]1C[C@@H]2CO[C@H](C1)O2)/c1ccccc1. The van der Waals surface area contributed by atoms with Crippen molar-refractivity contribution in [1.29, 1.82) is 0 Å². The Morgan fingerprint density at radius 2 is 2.00 bits per heavy atom. The van der Waals surface area contributed by atoms with Crippen molar-refractivity contribution in [2.45, 2.75) is 25.2 Å². The topological polar surface area (TPSA) is 18.5 Å². The van der Waals surface area contributed by atoms with Gasteiger partial charge in [0.25, 0.3) is 0 Å². The van der Waals surface area contributed by atoms with Crippen LogP contribution in [-0.4, -0.2) is 19.0 Å². The van der Waals surface area contributed by atoms with Crippen LogP contribution in [0.3, 0.4) is 0 Å². The van der Waals surface area contributed by atoms with E-state index in [1.54, 1.807) is 0 Å². The highest BCUT2D eigenvalue weighted by Crippen LogP contribution is 2.32. The van der Waals surface area contributed by atoms with E-state index < -0.39 is 0 Å². The van der Waals surface area contributed by atoms with Gasteiger partial charge in [0.1, 0.15) is 0 Å². The maximum absolute atomic E-state index is 5.62. The van der Waals surface area contributed by atoms with Crippen LogP contribution in [0.15, 0.2) is 36.4 Å². The van der Waals surface area contributed by atoms with Gasteiger partial charge >= 0.3 is 0 Å². The highest BCUT2D eigenvalue weighted by Gasteiger charge is 2.34. The molecule has 0 saturated carbocycles. The summed E-state index contributed by atoms with van der Waals surface area (Å²) >= 11 is 0. The van der Waals surface area contributed by atoms with Crippen molar-refractivity contribution >= 4 is 6.08 Å². The van der Waals surface area contributed by atoms with Crippen LogP contribution in [0.1, 0.15) is 18.4 Å². The number of hydrogen-bond donors (Lipinski definition) is 0. The van der Waals surface area contributed by atoms with Crippen LogP contribution in [-0.2, 0) is 9.47 Å². The van der Waals surface area contributed by atoms with Gasteiger partial charge in [0.2, 0.25) is 0 Å². The summed E-state index contributed by atoms with van der Waals surface area (Å²) in [4.78, 5) is 0. The van der Waals surface area contributed by atoms with Crippen molar-refractivity contribution in [3.05, 3.63) is 42.0 Å². The summed E-state index contributed by atoms with van der Waals surface area (Å²) in [5.41, 5.74) is 1.27. The van der Waals surface area contributed by atoms with Gasteiger partial charge in [0.05, 0.1) is 12.7 Å². The summed E-state index contributed by atoms with van der Waals surface area (Å²) in [6.45, 7) is 0.778. The Morgan fingerprint density at radius 1 is 1.12 bits per heavy atom. The number of allylic oxidation sites excluding steroid dienone is 1. The van der Waals surface area contributed by atoms with Crippen LogP contribution >= 0.6 is 0 Å². The average molecular weight is 216 g/mol. The Bertz CT molecular complexity index is 360. The lowest BCUT2D eigenvalue weighted by Gasteiger charge is -2.23. The van der Waals surface area contributed by atoms with Crippen LogP contribution in [0.25, 0.3) is 6.08 Å². The molecule has 2 fully saturated rings. The number of ether oxygens (including phenoxy) is 2. The first-order chi connectivity index (χ1) is 7.90. The molecule has 0 aliphatic carbocycles. The van der Waals surface area contributed by atoms with Gasteiger partial charge in [-0.3, -0.25) is 0 Å². The van der Waals surface area contributed by atoms with Gasteiger partial charge in [0.15, 0.2) is 6.29 Å². The number of rotatable bonds is 2. The highest BCUT2D eigenvalue weighted by atomic mass is 16.7. The number of benzene rings is 1. The summed E-state index contributed by atoms with van der Waals surface area (Å²) in [6, 6.07) is 10.4. The first-order valence-corrected chi connectivity index (χ1v) is 5.90. The first-order valence-electron chi connectivity index (χ1n) is 5.90. The molecule has 16 heavy (non-hydrogen) atoms. The molecular formula is C14H16O2. The molecule has 2 saturated heterocycles. The van der Waals surface area contributed by atoms with Gasteiger partial charge < -0.3 is 9.47 Å². The molecule has 2 aliphatic rings. The molecule has 1 aromatic carbocycles. The molecule has 84 valence electrons. The van der Waals surface area contributed by atoms with Crippen molar-refractivity contribution < 1.29 is 9.47 Å². The maximum Gasteiger partial charge on any atom is 0.158 e. The molecule has 0 N–H and O–H groups in total. The molecule has 0 amide bonds. The van der Waals surface area contributed by atoms with E-state index in [-0.39, 0.29) is 6.29 Å². The molecule has 0 aromatic heterocycles. The lowest BCUT2D eigenvalue weighted by atomic mass is 9.95. The highest BCUT2D eigenvalue weighted by molar-refractivity contribution is 5.49. The number of fused-ring (bicyclic) bond motifs is 2. The fourth-order valence-electron chi connectivity index (χ4n) is 2.40. The minimum atomic E-state index is 0.0455. The van der Waals surface area contributed by atoms with Crippen molar-refractivity contribution in [2.75, 3.05) is 6.61 Å². The van der Waals surface area contributed by atoms with E-state index in [1.165, 1.54) is 5.56 Å². The second-order valence-corrected chi connectivity index (χ2v) is 4.52. The standard InChI is InChI=1S/C14H16O2/c1-2-4-11(5-3-1)6-7-12-8-13-10-15-14(9-12)16-13/h1-7,12-14H,8-10H2/b7-6+/t12-,13+,14-/m0/s1. The minimum absolute atomic E-state index is 0.0455. The molecule has 2 heteroatoms. The zero-order chi connectivity index (χ0) is 10.8. The monoisotopic (exact) mass is 216 g/mol. The summed E-state index contributed by atoms with van der Waals surface area (Å²) < 4.78 is 11.1. The molecule has 0 radical (unpaired) electrons. The van der Waals surface area contributed by atoms with Gasteiger partial charge in [0, 0.05) is 6.42 Å². The van der Waals surface area contributed by atoms with Crippen molar-refractivity contribution in [1.82, 2.24) is 0 Å². The van der Waals surface area contributed by atoms with Crippen LogP contribution in [0.2, 0.25) is 0 Å². The fourth-order valence-corrected chi connectivity index (χ4v) is 2.40. The first kappa shape index (κ1) is 10.1. The van der Waals surface area contributed by atoms with E-state index in [0.29, 0.717) is 12.0 Å². The predicted octanol–water partition coefficient (Wildman–Crippen LogP) is 2.85. The third-order valence-corrected chi connectivity index (χ3v) is 3.23. The molecule has 3 atom stereocenters. The molecule has 2 nitrogen and oxygen atoms in total. The molecule has 2 bridgehead atoms. The molecule has 1 aromatic rings. The van der Waals surface area contributed by atoms with Crippen molar-refractivity contribution in [2.24, 2.45) is 5.92 Å². The summed E-state index contributed by atoms with van der Waals surface area (Å²) in [6.07, 6.45) is 6.97. The molecule has 0 spiro atoms. The average Bonchev–Trinajstić information content (AvgIpc) is 2.67. The quantitative estimate of drug-likeness (QED) is 0.756. The molecule has 0 unspecified atom stereocenters. The Kier molecular flexibility index (Phi) is 2.77. The molecule has 2 heterocycles. The van der Waals surface area contributed by atoms with E-state index in [2.05, 4.69) is 36.4 Å². The van der Waals surface area contributed by atoms with Gasteiger partial charge in [-0.15, -0.1) is 0 Å². The zero-order valence-corrected chi connectivity index (χ0v) is 9.21. The van der Waals surface area contributed by atoms with Crippen LogP contribution < -0.4 is 0 Å². The molecule has 2 aliphatic heterocycles. The lowest BCUT2D eigenvalue weighted by Crippen LogP contribution is -2.24. The van der Waals surface area contributed by atoms with Gasteiger partial charge in [-0.1, -0.05) is 42.5 Å².